The van der Waals surface area contributed by atoms with E-state index >= 15 is 0 Å². The normalized spacial score (nSPS) is 13.1. The third-order valence-electron chi connectivity index (χ3n) is 4.71. The summed E-state index contributed by atoms with van der Waals surface area (Å²) in [6.07, 6.45) is 0. The lowest BCUT2D eigenvalue weighted by Crippen LogP contribution is -2.14. The molecule has 0 spiro atoms. The quantitative estimate of drug-likeness (QED) is 0.620. The molecule has 2 N–H and O–H groups in total. The lowest BCUT2D eigenvalue weighted by molar-refractivity contribution is 0.574. The molecule has 0 bridgehead atoms. The van der Waals surface area contributed by atoms with Gasteiger partial charge >= 0.3 is 0 Å². The first-order chi connectivity index (χ1) is 12.4. The van der Waals surface area contributed by atoms with Gasteiger partial charge in [-0.15, -0.1) is 0 Å². The number of rotatable bonds is 3. The van der Waals surface area contributed by atoms with E-state index < -0.39 is 10.0 Å². The van der Waals surface area contributed by atoms with Gasteiger partial charge in [0.15, 0.2) is 0 Å². The predicted molar refractivity (Wildman–Crippen MR) is 113 cm³/mol. The van der Waals surface area contributed by atoms with Crippen molar-refractivity contribution in [3.63, 3.8) is 0 Å². The Morgan fingerprint density at radius 2 is 1.44 bits per heavy atom. The molecule has 3 rings (SSSR count). The zero-order chi connectivity index (χ0) is 20.0. The summed E-state index contributed by atoms with van der Waals surface area (Å²) in [4.78, 5) is 3.66. The number of anilines is 1. The van der Waals surface area contributed by atoms with Crippen LogP contribution in [0.3, 0.4) is 0 Å². The maximum Gasteiger partial charge on any atom is 0.261 e. The van der Waals surface area contributed by atoms with Crippen molar-refractivity contribution >= 4 is 26.6 Å². The minimum absolute atomic E-state index is 0.00743. The van der Waals surface area contributed by atoms with Gasteiger partial charge in [0.2, 0.25) is 0 Å². The number of aromatic amines is 1. The van der Waals surface area contributed by atoms with Crippen molar-refractivity contribution in [1.82, 2.24) is 4.98 Å². The Morgan fingerprint density at radius 3 is 2.00 bits per heavy atom. The highest BCUT2D eigenvalue weighted by Gasteiger charge is 2.19. The van der Waals surface area contributed by atoms with Gasteiger partial charge in [-0.2, -0.15) is 0 Å². The number of nitrogens with one attached hydrogen (secondary N) is 2. The highest BCUT2D eigenvalue weighted by molar-refractivity contribution is 7.92. The van der Waals surface area contributed by atoms with E-state index in [1.165, 1.54) is 0 Å². The van der Waals surface area contributed by atoms with Gasteiger partial charge in [-0.1, -0.05) is 53.7 Å². The molecule has 0 unspecified atom stereocenters. The number of benzene rings is 2. The fourth-order valence-corrected chi connectivity index (χ4v) is 4.00. The SMILES string of the molecule is CC(C)(C)c1ccc(S(=O)(=O)Nc2ccc3[nH]c(C(C)(C)C)cc3c2)cc1. The Morgan fingerprint density at radius 1 is 0.815 bits per heavy atom. The van der Waals surface area contributed by atoms with Crippen LogP contribution in [0, 0.1) is 0 Å². The smallest absolute Gasteiger partial charge is 0.261 e. The van der Waals surface area contributed by atoms with E-state index in [0.717, 1.165) is 22.2 Å². The molecule has 0 atom stereocenters. The summed E-state index contributed by atoms with van der Waals surface area (Å²) in [5, 5.41) is 0.989. The summed E-state index contributed by atoms with van der Waals surface area (Å²) in [6.45, 7) is 12.7. The Balaban J connectivity index is 1.89. The predicted octanol–water partition coefficient (Wildman–Crippen LogP) is 5.56. The first kappa shape index (κ1) is 19.5. The molecule has 0 aliphatic carbocycles. The summed E-state index contributed by atoms with van der Waals surface area (Å²) in [6, 6.07) is 14.7. The number of sulfonamides is 1. The van der Waals surface area contributed by atoms with Gasteiger partial charge in [0, 0.05) is 27.7 Å². The molecule has 5 heteroatoms. The number of H-pyrrole nitrogens is 1. The monoisotopic (exact) mass is 384 g/mol. The van der Waals surface area contributed by atoms with Crippen molar-refractivity contribution in [2.75, 3.05) is 4.72 Å². The van der Waals surface area contributed by atoms with Crippen molar-refractivity contribution < 1.29 is 8.42 Å². The largest absolute Gasteiger partial charge is 0.358 e. The third-order valence-corrected chi connectivity index (χ3v) is 6.11. The maximum atomic E-state index is 12.7. The Labute approximate surface area is 162 Å². The minimum atomic E-state index is -3.63. The topological polar surface area (TPSA) is 62.0 Å². The average Bonchev–Trinajstić information content (AvgIpc) is 2.97. The lowest BCUT2D eigenvalue weighted by atomic mass is 9.87. The van der Waals surface area contributed by atoms with E-state index in [0.29, 0.717) is 5.69 Å². The van der Waals surface area contributed by atoms with Gasteiger partial charge in [-0.25, -0.2) is 8.42 Å². The molecule has 0 radical (unpaired) electrons. The molecular formula is C22H28N2O2S. The van der Waals surface area contributed by atoms with Crippen LogP contribution in [0.1, 0.15) is 52.8 Å². The fourth-order valence-electron chi connectivity index (χ4n) is 2.95. The Hall–Kier alpha value is -2.27. The zero-order valence-corrected chi connectivity index (χ0v) is 17.7. The average molecular weight is 385 g/mol. The van der Waals surface area contributed by atoms with E-state index in [4.69, 9.17) is 0 Å². The summed E-state index contributed by atoms with van der Waals surface area (Å²) >= 11 is 0. The van der Waals surface area contributed by atoms with E-state index in [1.54, 1.807) is 18.2 Å². The zero-order valence-electron chi connectivity index (χ0n) is 16.8. The molecule has 0 aliphatic heterocycles. The molecule has 27 heavy (non-hydrogen) atoms. The first-order valence-corrected chi connectivity index (χ1v) is 10.6. The van der Waals surface area contributed by atoms with Gasteiger partial charge in [-0.3, -0.25) is 4.72 Å². The summed E-state index contributed by atoms with van der Waals surface area (Å²) in [7, 11) is -3.63. The number of aromatic nitrogens is 1. The standard InChI is InChI=1S/C22H28N2O2S/c1-21(2,3)16-7-10-18(11-8-16)27(25,26)24-17-9-12-19-15(13-17)14-20(23-19)22(4,5)6/h7-14,23-24H,1-6H3. The molecule has 0 saturated heterocycles. The van der Waals surface area contributed by atoms with Crippen LogP contribution >= 0.6 is 0 Å². The molecule has 0 aliphatic rings. The van der Waals surface area contributed by atoms with Crippen LogP contribution in [0.15, 0.2) is 53.4 Å². The summed E-state index contributed by atoms with van der Waals surface area (Å²) in [5.41, 5.74) is 3.77. The van der Waals surface area contributed by atoms with Gasteiger partial charge in [-0.05, 0) is 47.4 Å². The number of hydrogen-bond acceptors (Lipinski definition) is 2. The van der Waals surface area contributed by atoms with Crippen LogP contribution in [0.25, 0.3) is 10.9 Å². The summed E-state index contributed by atoms with van der Waals surface area (Å²) in [5.74, 6) is 0. The van der Waals surface area contributed by atoms with Crippen molar-refractivity contribution in [3.05, 3.63) is 59.8 Å². The molecule has 0 saturated carbocycles. The lowest BCUT2D eigenvalue weighted by Gasteiger charge is -2.19. The van der Waals surface area contributed by atoms with Crippen LogP contribution in [0.2, 0.25) is 0 Å². The van der Waals surface area contributed by atoms with Crippen LogP contribution in [-0.2, 0) is 20.9 Å². The second kappa shape index (κ2) is 6.41. The molecule has 4 nitrogen and oxygen atoms in total. The highest BCUT2D eigenvalue weighted by Crippen LogP contribution is 2.29. The van der Waals surface area contributed by atoms with E-state index in [-0.39, 0.29) is 15.7 Å². The van der Waals surface area contributed by atoms with Crippen molar-refractivity contribution in [3.8, 4) is 0 Å². The van der Waals surface area contributed by atoms with Gasteiger partial charge in [0.05, 0.1) is 4.90 Å². The number of fused-ring (bicyclic) bond motifs is 1. The van der Waals surface area contributed by atoms with Crippen LogP contribution in [0.4, 0.5) is 5.69 Å². The molecule has 144 valence electrons. The molecule has 0 fully saturated rings. The van der Waals surface area contributed by atoms with Crippen molar-refractivity contribution in [2.24, 2.45) is 0 Å². The Bertz CT molecular complexity index is 1060. The number of hydrogen-bond donors (Lipinski definition) is 2. The first-order valence-electron chi connectivity index (χ1n) is 9.13. The second-order valence-electron chi connectivity index (χ2n) is 9.11. The van der Waals surface area contributed by atoms with Gasteiger partial charge in [0.25, 0.3) is 10.0 Å². The Kier molecular flexibility index (Phi) is 4.63. The fraction of sp³-hybridized carbons (Fsp3) is 0.364. The highest BCUT2D eigenvalue weighted by atomic mass is 32.2. The molecule has 0 amide bonds. The van der Waals surface area contributed by atoms with Crippen LogP contribution in [-0.4, -0.2) is 13.4 Å². The minimum Gasteiger partial charge on any atom is -0.358 e. The van der Waals surface area contributed by atoms with Gasteiger partial charge < -0.3 is 4.98 Å². The van der Waals surface area contributed by atoms with E-state index in [9.17, 15) is 8.42 Å². The molecule has 2 aromatic carbocycles. The second-order valence-corrected chi connectivity index (χ2v) is 10.8. The molecule has 3 aromatic rings. The van der Waals surface area contributed by atoms with Crippen molar-refractivity contribution in [2.45, 2.75) is 57.3 Å². The molecule has 1 heterocycles. The van der Waals surface area contributed by atoms with Crippen molar-refractivity contribution in [1.29, 1.82) is 0 Å². The molecule has 1 aromatic heterocycles. The van der Waals surface area contributed by atoms with E-state index in [1.807, 2.05) is 24.3 Å². The van der Waals surface area contributed by atoms with E-state index in [2.05, 4.69) is 57.3 Å². The maximum absolute atomic E-state index is 12.7. The van der Waals surface area contributed by atoms with Crippen LogP contribution < -0.4 is 4.72 Å². The molecular weight excluding hydrogens is 356 g/mol. The summed E-state index contributed by atoms with van der Waals surface area (Å²) < 4.78 is 28.2. The third kappa shape index (κ3) is 4.19. The van der Waals surface area contributed by atoms with Crippen LogP contribution in [0.5, 0.6) is 0 Å². The van der Waals surface area contributed by atoms with Gasteiger partial charge in [0.1, 0.15) is 0 Å².